The molecule has 0 bridgehead atoms. The Morgan fingerprint density at radius 3 is 2.65 bits per heavy atom. The van der Waals surface area contributed by atoms with Gasteiger partial charge in [0.2, 0.25) is 5.91 Å². The monoisotopic (exact) mass is 241 g/mol. The maximum atomic E-state index is 11.7. The third-order valence-corrected chi connectivity index (χ3v) is 2.48. The van der Waals surface area contributed by atoms with E-state index in [0.29, 0.717) is 6.42 Å². The molecule has 0 aromatic carbocycles. The van der Waals surface area contributed by atoms with E-state index >= 15 is 0 Å². The Morgan fingerprint density at radius 2 is 2.18 bits per heavy atom. The van der Waals surface area contributed by atoms with Crippen molar-refractivity contribution < 1.29 is 19.5 Å². The summed E-state index contributed by atoms with van der Waals surface area (Å²) < 4.78 is 0. The first-order chi connectivity index (χ1) is 7.95. The Morgan fingerprint density at radius 1 is 1.53 bits per heavy atom. The summed E-state index contributed by atoms with van der Waals surface area (Å²) in [5, 5.41) is 16.1. The molecule has 0 radical (unpaired) electrons. The Hall–Kier alpha value is -1.92. The normalized spacial score (nSPS) is 17.4. The van der Waals surface area contributed by atoms with Gasteiger partial charge in [-0.1, -0.05) is 6.92 Å². The molecular formula is C10H15N3O4. The van der Waals surface area contributed by atoms with Crippen molar-refractivity contribution >= 4 is 23.5 Å². The van der Waals surface area contributed by atoms with Crippen LogP contribution in [0.4, 0.5) is 0 Å². The highest BCUT2D eigenvalue weighted by molar-refractivity contribution is 6.39. The van der Waals surface area contributed by atoms with E-state index in [1.54, 1.807) is 6.92 Å². The fraction of sp³-hybridized carbons (Fsp3) is 0.600. The first-order valence-electron chi connectivity index (χ1n) is 5.33. The lowest BCUT2D eigenvalue weighted by molar-refractivity contribution is -0.141. The molecule has 0 aliphatic carbocycles. The zero-order chi connectivity index (χ0) is 13.0. The van der Waals surface area contributed by atoms with Gasteiger partial charge >= 0.3 is 5.97 Å². The number of nitrogens with zero attached hydrogens (tertiary/aromatic N) is 2. The SMILES string of the molecule is CC[C@H](NC(=O)C1=NN(C)C(=O)CC1)C(=O)O. The van der Waals surface area contributed by atoms with E-state index in [0.717, 1.165) is 5.01 Å². The van der Waals surface area contributed by atoms with E-state index in [9.17, 15) is 14.4 Å². The van der Waals surface area contributed by atoms with Crippen LogP contribution in [0.15, 0.2) is 5.10 Å². The second-order valence-electron chi connectivity index (χ2n) is 3.74. The maximum Gasteiger partial charge on any atom is 0.326 e. The number of rotatable bonds is 4. The molecule has 1 aliphatic heterocycles. The number of aliphatic carboxylic acids is 1. The molecular weight excluding hydrogens is 226 g/mol. The summed E-state index contributed by atoms with van der Waals surface area (Å²) in [5.41, 5.74) is 0.187. The first-order valence-corrected chi connectivity index (χ1v) is 5.33. The molecule has 0 fully saturated rings. The fourth-order valence-electron chi connectivity index (χ4n) is 1.41. The molecule has 1 heterocycles. The molecule has 7 heteroatoms. The van der Waals surface area contributed by atoms with Crippen LogP contribution >= 0.6 is 0 Å². The molecule has 0 aromatic heterocycles. The Bertz CT molecular complexity index is 378. The van der Waals surface area contributed by atoms with Gasteiger partial charge in [0.05, 0.1) is 0 Å². The second-order valence-corrected chi connectivity index (χ2v) is 3.74. The average Bonchev–Trinajstić information content (AvgIpc) is 2.28. The van der Waals surface area contributed by atoms with Gasteiger partial charge in [-0.2, -0.15) is 5.10 Å². The molecule has 0 aromatic rings. The van der Waals surface area contributed by atoms with Crippen LogP contribution in [0.3, 0.4) is 0 Å². The minimum absolute atomic E-state index is 0.160. The molecule has 1 atom stereocenters. The van der Waals surface area contributed by atoms with Gasteiger partial charge in [0.25, 0.3) is 5.91 Å². The number of carboxylic acid groups (broad SMARTS) is 1. The largest absolute Gasteiger partial charge is 0.480 e. The summed E-state index contributed by atoms with van der Waals surface area (Å²) >= 11 is 0. The minimum Gasteiger partial charge on any atom is -0.480 e. The number of carbonyl (C=O) groups excluding carboxylic acids is 2. The molecule has 94 valence electrons. The molecule has 1 rings (SSSR count). The Balaban J connectivity index is 2.68. The summed E-state index contributed by atoms with van der Waals surface area (Å²) in [5.74, 6) is -1.77. The molecule has 0 saturated heterocycles. The van der Waals surface area contributed by atoms with Crippen LogP contribution < -0.4 is 5.32 Å². The third-order valence-electron chi connectivity index (χ3n) is 2.48. The van der Waals surface area contributed by atoms with Crippen LogP contribution in [0.2, 0.25) is 0 Å². The van der Waals surface area contributed by atoms with Gasteiger partial charge in [-0.15, -0.1) is 0 Å². The standard InChI is InChI=1S/C10H15N3O4/c1-3-6(10(16)17)11-9(15)7-4-5-8(14)13(2)12-7/h6H,3-5H2,1-2H3,(H,11,15)(H,16,17)/t6-/m0/s1. The first kappa shape index (κ1) is 13.1. The summed E-state index contributed by atoms with van der Waals surface area (Å²) in [4.78, 5) is 33.6. The van der Waals surface area contributed by atoms with E-state index in [2.05, 4.69) is 10.4 Å². The fourth-order valence-corrected chi connectivity index (χ4v) is 1.41. The van der Waals surface area contributed by atoms with Gasteiger partial charge in [0.1, 0.15) is 11.8 Å². The van der Waals surface area contributed by atoms with E-state index in [-0.39, 0.29) is 24.5 Å². The number of hydrogen-bond acceptors (Lipinski definition) is 4. The summed E-state index contributed by atoms with van der Waals surface area (Å²) in [6.07, 6.45) is 0.751. The van der Waals surface area contributed by atoms with Gasteiger partial charge in [0, 0.05) is 19.9 Å². The van der Waals surface area contributed by atoms with Crippen LogP contribution in [-0.2, 0) is 14.4 Å². The lowest BCUT2D eigenvalue weighted by Crippen LogP contribution is -2.45. The minimum atomic E-state index is -1.08. The molecule has 0 saturated carbocycles. The van der Waals surface area contributed by atoms with Gasteiger partial charge in [-0.3, -0.25) is 9.59 Å². The molecule has 2 N–H and O–H groups in total. The van der Waals surface area contributed by atoms with Crippen LogP contribution in [0, 0.1) is 0 Å². The van der Waals surface area contributed by atoms with Crippen molar-refractivity contribution in [1.29, 1.82) is 0 Å². The molecule has 2 amide bonds. The lowest BCUT2D eigenvalue weighted by atomic mass is 10.1. The second kappa shape index (κ2) is 5.42. The van der Waals surface area contributed by atoms with E-state index in [1.807, 2.05) is 0 Å². The smallest absolute Gasteiger partial charge is 0.326 e. The number of carboxylic acids is 1. The van der Waals surface area contributed by atoms with Crippen molar-refractivity contribution in [3.63, 3.8) is 0 Å². The van der Waals surface area contributed by atoms with Crippen molar-refractivity contribution in [1.82, 2.24) is 10.3 Å². The Labute approximate surface area is 98.5 Å². The molecule has 0 spiro atoms. The summed E-state index contributed by atoms with van der Waals surface area (Å²) in [6, 6.07) is -0.923. The van der Waals surface area contributed by atoms with Gasteiger partial charge in [0.15, 0.2) is 0 Å². The van der Waals surface area contributed by atoms with Crippen molar-refractivity contribution in [3.05, 3.63) is 0 Å². The van der Waals surface area contributed by atoms with Crippen LogP contribution in [0.1, 0.15) is 26.2 Å². The predicted octanol–water partition coefficient (Wildman–Crippen LogP) is -0.426. The highest BCUT2D eigenvalue weighted by Crippen LogP contribution is 2.07. The highest BCUT2D eigenvalue weighted by Gasteiger charge is 2.25. The lowest BCUT2D eigenvalue weighted by Gasteiger charge is -2.20. The highest BCUT2D eigenvalue weighted by atomic mass is 16.4. The van der Waals surface area contributed by atoms with Crippen molar-refractivity contribution in [2.75, 3.05) is 7.05 Å². The molecule has 17 heavy (non-hydrogen) atoms. The number of hydrazone groups is 1. The van der Waals surface area contributed by atoms with E-state index in [1.165, 1.54) is 7.05 Å². The average molecular weight is 241 g/mol. The zero-order valence-electron chi connectivity index (χ0n) is 9.77. The van der Waals surface area contributed by atoms with Gasteiger partial charge in [-0.05, 0) is 6.42 Å². The topological polar surface area (TPSA) is 99.1 Å². The number of hydrogen-bond donors (Lipinski definition) is 2. The van der Waals surface area contributed by atoms with E-state index < -0.39 is 17.9 Å². The van der Waals surface area contributed by atoms with Crippen molar-refractivity contribution in [2.45, 2.75) is 32.2 Å². The van der Waals surface area contributed by atoms with Crippen LogP contribution in [0.25, 0.3) is 0 Å². The van der Waals surface area contributed by atoms with Gasteiger partial charge < -0.3 is 10.4 Å². The molecule has 1 aliphatic rings. The predicted molar refractivity (Wildman–Crippen MR) is 59.3 cm³/mol. The molecule has 7 nitrogen and oxygen atoms in total. The van der Waals surface area contributed by atoms with Crippen molar-refractivity contribution in [2.24, 2.45) is 5.10 Å². The van der Waals surface area contributed by atoms with Crippen molar-refractivity contribution in [3.8, 4) is 0 Å². The Kier molecular flexibility index (Phi) is 4.19. The van der Waals surface area contributed by atoms with Crippen LogP contribution in [0.5, 0.6) is 0 Å². The van der Waals surface area contributed by atoms with Gasteiger partial charge in [-0.25, -0.2) is 9.80 Å². The quantitative estimate of drug-likeness (QED) is 0.697. The van der Waals surface area contributed by atoms with Crippen LogP contribution in [-0.4, -0.2) is 46.7 Å². The number of amides is 2. The summed E-state index contributed by atoms with van der Waals surface area (Å²) in [6.45, 7) is 1.66. The number of carbonyl (C=O) groups is 3. The zero-order valence-corrected chi connectivity index (χ0v) is 9.77. The maximum absolute atomic E-state index is 11.7. The third kappa shape index (κ3) is 3.27. The van der Waals surface area contributed by atoms with E-state index in [4.69, 9.17) is 5.11 Å². The molecule has 0 unspecified atom stereocenters. The number of nitrogens with one attached hydrogen (secondary N) is 1. The summed E-state index contributed by atoms with van der Waals surface area (Å²) in [7, 11) is 1.46.